The number of hydrogen-bond donors (Lipinski definition) is 0. The van der Waals surface area contributed by atoms with E-state index in [1.54, 1.807) is 31.3 Å². The molecule has 3 rings (SSSR count). The minimum absolute atomic E-state index is 0.136. The second-order valence-electron chi connectivity index (χ2n) is 6.42. The molecule has 1 heterocycles. The predicted octanol–water partition coefficient (Wildman–Crippen LogP) is 4.27. The van der Waals surface area contributed by atoms with Crippen LogP contribution in [-0.4, -0.2) is 28.0 Å². The van der Waals surface area contributed by atoms with Crippen LogP contribution >= 0.6 is 0 Å². The summed E-state index contributed by atoms with van der Waals surface area (Å²) in [7, 11) is 1.69. The Balaban J connectivity index is 1.84. The summed E-state index contributed by atoms with van der Waals surface area (Å²) in [5.74, 6) is 0.668. The third-order valence-corrected chi connectivity index (χ3v) is 4.02. The molecule has 3 aromatic rings. The third kappa shape index (κ3) is 3.79. The van der Waals surface area contributed by atoms with Crippen LogP contribution in [0.1, 0.15) is 41.8 Å². The minimum Gasteiger partial charge on any atom is -0.339 e. The lowest BCUT2D eigenvalue weighted by atomic mass is 9.99. The zero-order valence-corrected chi connectivity index (χ0v) is 14.9. The van der Waals surface area contributed by atoms with E-state index in [1.165, 1.54) is 17.0 Å². The van der Waals surface area contributed by atoms with E-state index in [-0.39, 0.29) is 24.2 Å². The normalized spacial score (nSPS) is 11.0. The number of carbonyl (C=O) groups is 1. The summed E-state index contributed by atoms with van der Waals surface area (Å²) in [5, 5.41) is 3.92. The highest BCUT2D eigenvalue weighted by molar-refractivity contribution is 6.00. The summed E-state index contributed by atoms with van der Waals surface area (Å²) in [6, 6.07) is 13.3. The van der Waals surface area contributed by atoms with Crippen molar-refractivity contribution in [2.45, 2.75) is 26.3 Å². The van der Waals surface area contributed by atoms with Gasteiger partial charge in [-0.05, 0) is 29.3 Å². The molecule has 6 heteroatoms. The largest absolute Gasteiger partial charge is 0.339 e. The van der Waals surface area contributed by atoms with Crippen LogP contribution in [0, 0.1) is 5.82 Å². The van der Waals surface area contributed by atoms with Gasteiger partial charge in [0.1, 0.15) is 5.82 Å². The number of rotatable bonds is 5. The van der Waals surface area contributed by atoms with Gasteiger partial charge in [0, 0.05) is 18.5 Å². The maximum atomic E-state index is 13.2. The Kier molecular flexibility index (Phi) is 5.11. The monoisotopic (exact) mass is 353 g/mol. The van der Waals surface area contributed by atoms with Crippen molar-refractivity contribution in [2.24, 2.45) is 0 Å². The number of nitrogens with zero attached hydrogens (tertiary/aromatic N) is 3. The average Bonchev–Trinajstić information content (AvgIpc) is 3.10. The van der Waals surface area contributed by atoms with Crippen molar-refractivity contribution in [2.75, 3.05) is 7.05 Å². The molecule has 0 fully saturated rings. The summed E-state index contributed by atoms with van der Waals surface area (Å²) >= 11 is 0. The molecule has 0 aliphatic rings. The Morgan fingerprint density at radius 1 is 1.15 bits per heavy atom. The number of carbonyl (C=O) groups excluding carboxylic acids is 1. The van der Waals surface area contributed by atoms with E-state index in [2.05, 4.69) is 10.1 Å². The second kappa shape index (κ2) is 7.47. The quantitative estimate of drug-likeness (QED) is 0.687. The SMILES string of the molecule is CC(C)c1nc(CN(C)C(=O)c2ccccc2-c2ccc(F)cc2)no1. The van der Waals surface area contributed by atoms with Gasteiger partial charge in [-0.1, -0.05) is 49.3 Å². The molecule has 0 aliphatic carbocycles. The van der Waals surface area contributed by atoms with Gasteiger partial charge in [0.25, 0.3) is 5.91 Å². The van der Waals surface area contributed by atoms with E-state index >= 15 is 0 Å². The highest BCUT2D eigenvalue weighted by atomic mass is 19.1. The summed E-state index contributed by atoms with van der Waals surface area (Å²) in [6.45, 7) is 4.17. The fourth-order valence-corrected chi connectivity index (χ4v) is 2.61. The van der Waals surface area contributed by atoms with Gasteiger partial charge in [-0.15, -0.1) is 0 Å². The number of benzene rings is 2. The van der Waals surface area contributed by atoms with Crippen molar-refractivity contribution in [1.29, 1.82) is 0 Å². The van der Waals surface area contributed by atoms with E-state index in [0.29, 0.717) is 17.3 Å². The van der Waals surface area contributed by atoms with Crippen LogP contribution < -0.4 is 0 Å². The molecule has 0 unspecified atom stereocenters. The molecule has 26 heavy (non-hydrogen) atoms. The van der Waals surface area contributed by atoms with E-state index in [9.17, 15) is 9.18 Å². The van der Waals surface area contributed by atoms with Crippen molar-refractivity contribution in [3.8, 4) is 11.1 Å². The van der Waals surface area contributed by atoms with E-state index in [0.717, 1.165) is 11.1 Å². The van der Waals surface area contributed by atoms with E-state index in [4.69, 9.17) is 4.52 Å². The lowest BCUT2D eigenvalue weighted by Gasteiger charge is -2.17. The molecule has 0 saturated heterocycles. The van der Waals surface area contributed by atoms with Crippen molar-refractivity contribution < 1.29 is 13.7 Å². The van der Waals surface area contributed by atoms with Gasteiger partial charge in [-0.25, -0.2) is 4.39 Å². The van der Waals surface area contributed by atoms with E-state index in [1.807, 2.05) is 26.0 Å². The molecule has 0 saturated carbocycles. The maximum Gasteiger partial charge on any atom is 0.254 e. The van der Waals surface area contributed by atoms with Gasteiger partial charge in [0.15, 0.2) is 5.82 Å². The number of amides is 1. The number of hydrogen-bond acceptors (Lipinski definition) is 4. The molecule has 0 aliphatic heterocycles. The smallest absolute Gasteiger partial charge is 0.254 e. The van der Waals surface area contributed by atoms with Crippen LogP contribution in [0.3, 0.4) is 0 Å². The topological polar surface area (TPSA) is 59.2 Å². The van der Waals surface area contributed by atoms with Gasteiger partial charge < -0.3 is 9.42 Å². The molecule has 0 atom stereocenters. The van der Waals surface area contributed by atoms with Crippen molar-refractivity contribution >= 4 is 5.91 Å². The number of halogens is 1. The fraction of sp³-hybridized carbons (Fsp3) is 0.250. The molecule has 0 spiro atoms. The Bertz CT molecular complexity index is 903. The summed E-state index contributed by atoms with van der Waals surface area (Å²) in [6.07, 6.45) is 0. The Morgan fingerprint density at radius 3 is 2.50 bits per heavy atom. The van der Waals surface area contributed by atoms with Gasteiger partial charge in [0.2, 0.25) is 5.89 Å². The predicted molar refractivity (Wildman–Crippen MR) is 96.0 cm³/mol. The zero-order valence-electron chi connectivity index (χ0n) is 14.9. The molecule has 0 bridgehead atoms. The molecule has 0 N–H and O–H groups in total. The highest BCUT2D eigenvalue weighted by Gasteiger charge is 2.19. The second-order valence-corrected chi connectivity index (χ2v) is 6.42. The maximum absolute atomic E-state index is 13.2. The number of aromatic nitrogens is 2. The van der Waals surface area contributed by atoms with Crippen molar-refractivity contribution in [3.63, 3.8) is 0 Å². The molecular formula is C20H20FN3O2. The Labute approximate surface area is 151 Å². The summed E-state index contributed by atoms with van der Waals surface area (Å²) < 4.78 is 18.4. The first-order valence-electron chi connectivity index (χ1n) is 8.38. The Morgan fingerprint density at radius 2 is 1.85 bits per heavy atom. The van der Waals surface area contributed by atoms with Gasteiger partial charge >= 0.3 is 0 Å². The lowest BCUT2D eigenvalue weighted by molar-refractivity contribution is 0.0781. The van der Waals surface area contributed by atoms with E-state index < -0.39 is 0 Å². The van der Waals surface area contributed by atoms with Gasteiger partial charge in [-0.2, -0.15) is 4.98 Å². The lowest BCUT2D eigenvalue weighted by Crippen LogP contribution is -2.27. The molecule has 0 radical (unpaired) electrons. The molecule has 2 aromatic carbocycles. The van der Waals surface area contributed by atoms with Gasteiger partial charge in [0.05, 0.1) is 6.54 Å². The summed E-state index contributed by atoms with van der Waals surface area (Å²) in [4.78, 5) is 18.8. The Hall–Kier alpha value is -3.02. The van der Waals surface area contributed by atoms with Crippen molar-refractivity contribution in [3.05, 3.63) is 71.6 Å². The summed E-state index contributed by atoms with van der Waals surface area (Å²) in [5.41, 5.74) is 2.07. The first-order valence-corrected chi connectivity index (χ1v) is 8.38. The fourth-order valence-electron chi connectivity index (χ4n) is 2.61. The third-order valence-electron chi connectivity index (χ3n) is 4.02. The van der Waals surface area contributed by atoms with Crippen LogP contribution in [0.4, 0.5) is 4.39 Å². The first-order chi connectivity index (χ1) is 12.5. The van der Waals surface area contributed by atoms with Gasteiger partial charge in [-0.3, -0.25) is 4.79 Å². The van der Waals surface area contributed by atoms with Crippen LogP contribution in [-0.2, 0) is 6.54 Å². The molecule has 1 aromatic heterocycles. The van der Waals surface area contributed by atoms with Crippen LogP contribution in [0.2, 0.25) is 0 Å². The first kappa shape index (κ1) is 17.8. The highest BCUT2D eigenvalue weighted by Crippen LogP contribution is 2.25. The molecule has 1 amide bonds. The molecule has 134 valence electrons. The average molecular weight is 353 g/mol. The minimum atomic E-state index is -0.312. The van der Waals surface area contributed by atoms with Crippen LogP contribution in [0.25, 0.3) is 11.1 Å². The van der Waals surface area contributed by atoms with Crippen LogP contribution in [0.5, 0.6) is 0 Å². The van der Waals surface area contributed by atoms with Crippen LogP contribution in [0.15, 0.2) is 53.1 Å². The zero-order chi connectivity index (χ0) is 18.7. The standard InChI is InChI=1S/C20H20FN3O2/c1-13(2)19-22-18(23-26-19)12-24(3)20(25)17-7-5-4-6-16(17)14-8-10-15(21)11-9-14/h4-11,13H,12H2,1-3H3. The molecular weight excluding hydrogens is 333 g/mol. The molecule has 5 nitrogen and oxygen atoms in total. The van der Waals surface area contributed by atoms with Crippen molar-refractivity contribution in [1.82, 2.24) is 15.0 Å².